The topological polar surface area (TPSA) is 12.5 Å². The monoisotopic (exact) mass is 337 g/mol. The van der Waals surface area contributed by atoms with Crippen LogP contribution in [0.25, 0.3) is 0 Å². The van der Waals surface area contributed by atoms with Crippen LogP contribution in [0.3, 0.4) is 0 Å². The Morgan fingerprint density at radius 1 is 1.20 bits per heavy atom. The van der Waals surface area contributed by atoms with E-state index in [1.165, 1.54) is 49.9 Å². The first-order chi connectivity index (χ1) is 9.86. The molecule has 0 spiro atoms. The Balaban J connectivity index is 1.58. The lowest BCUT2D eigenvalue weighted by molar-refractivity contribution is 0.214. The number of benzene rings is 1. The maximum atomic E-state index is 5.58. The third-order valence-electron chi connectivity index (χ3n) is 4.65. The Hall–Kier alpha value is -0.540. The van der Waals surface area contributed by atoms with Crippen LogP contribution in [-0.2, 0) is 12.8 Å². The summed E-state index contributed by atoms with van der Waals surface area (Å²) in [7, 11) is 0. The summed E-state index contributed by atoms with van der Waals surface area (Å²) >= 11 is 3.61. The summed E-state index contributed by atoms with van der Waals surface area (Å²) in [6, 6.07) is 7.57. The second-order valence-corrected chi connectivity index (χ2v) is 6.75. The van der Waals surface area contributed by atoms with Crippen molar-refractivity contribution in [3.05, 3.63) is 29.3 Å². The molecule has 110 valence electrons. The molecule has 1 fully saturated rings. The van der Waals surface area contributed by atoms with Gasteiger partial charge in [-0.25, -0.2) is 0 Å². The standard InChI is InChI=1S/C17H24BrNO/c18-9-11-19(16-3-1-2-4-16)10-7-14-5-6-17-15(13-14)8-12-20-17/h5-6,13,16H,1-4,7-12H2. The van der Waals surface area contributed by atoms with E-state index in [0.29, 0.717) is 0 Å². The second-order valence-electron chi connectivity index (χ2n) is 5.95. The van der Waals surface area contributed by atoms with E-state index >= 15 is 0 Å². The van der Waals surface area contributed by atoms with Crippen LogP contribution in [0.2, 0.25) is 0 Å². The van der Waals surface area contributed by atoms with E-state index < -0.39 is 0 Å². The normalized spacial score (nSPS) is 18.5. The quantitative estimate of drug-likeness (QED) is 0.732. The average molecular weight is 338 g/mol. The number of alkyl halides is 1. The fourth-order valence-corrected chi connectivity index (χ4v) is 3.98. The molecule has 1 aromatic carbocycles. The highest BCUT2D eigenvalue weighted by Gasteiger charge is 2.21. The molecular weight excluding hydrogens is 314 g/mol. The number of ether oxygens (including phenoxy) is 1. The van der Waals surface area contributed by atoms with Crippen LogP contribution in [0.5, 0.6) is 5.75 Å². The summed E-state index contributed by atoms with van der Waals surface area (Å²) in [5.74, 6) is 1.10. The van der Waals surface area contributed by atoms with E-state index in [2.05, 4.69) is 39.0 Å². The molecule has 0 amide bonds. The van der Waals surface area contributed by atoms with Crippen LogP contribution in [0, 0.1) is 0 Å². The van der Waals surface area contributed by atoms with Gasteiger partial charge >= 0.3 is 0 Å². The summed E-state index contributed by atoms with van der Waals surface area (Å²) in [5.41, 5.74) is 2.86. The van der Waals surface area contributed by atoms with Crippen molar-refractivity contribution in [1.82, 2.24) is 4.90 Å². The average Bonchev–Trinajstić information content (AvgIpc) is 3.13. The predicted molar refractivity (Wildman–Crippen MR) is 87.0 cm³/mol. The summed E-state index contributed by atoms with van der Waals surface area (Å²) < 4.78 is 5.58. The molecule has 3 heteroatoms. The van der Waals surface area contributed by atoms with Crippen LogP contribution in [-0.4, -0.2) is 36.0 Å². The van der Waals surface area contributed by atoms with Gasteiger partial charge < -0.3 is 4.74 Å². The first-order valence-electron chi connectivity index (χ1n) is 7.91. The molecule has 3 rings (SSSR count). The van der Waals surface area contributed by atoms with Crippen LogP contribution < -0.4 is 4.74 Å². The van der Waals surface area contributed by atoms with Crippen molar-refractivity contribution in [3.8, 4) is 5.75 Å². The van der Waals surface area contributed by atoms with Crippen molar-refractivity contribution < 1.29 is 4.74 Å². The molecule has 1 aliphatic heterocycles. The van der Waals surface area contributed by atoms with Gasteiger partial charge in [-0.3, -0.25) is 4.90 Å². The highest BCUT2D eigenvalue weighted by atomic mass is 79.9. The molecular formula is C17H24BrNO. The Morgan fingerprint density at radius 3 is 2.85 bits per heavy atom. The molecule has 0 bridgehead atoms. The summed E-state index contributed by atoms with van der Waals surface area (Å²) in [6.07, 6.45) is 7.86. The number of hydrogen-bond acceptors (Lipinski definition) is 2. The molecule has 1 aromatic rings. The molecule has 1 saturated carbocycles. The van der Waals surface area contributed by atoms with Gasteiger partial charge in [-0.15, -0.1) is 0 Å². The lowest BCUT2D eigenvalue weighted by Crippen LogP contribution is -2.36. The zero-order chi connectivity index (χ0) is 13.8. The van der Waals surface area contributed by atoms with Gasteiger partial charge in [0.2, 0.25) is 0 Å². The van der Waals surface area contributed by atoms with Gasteiger partial charge in [0.25, 0.3) is 0 Å². The van der Waals surface area contributed by atoms with E-state index in [9.17, 15) is 0 Å². The molecule has 2 aliphatic rings. The van der Waals surface area contributed by atoms with Crippen LogP contribution >= 0.6 is 15.9 Å². The van der Waals surface area contributed by atoms with Crippen molar-refractivity contribution in [2.45, 2.75) is 44.6 Å². The number of rotatable bonds is 6. The molecule has 0 saturated heterocycles. The minimum atomic E-state index is 0.824. The van der Waals surface area contributed by atoms with E-state index in [1.807, 2.05) is 0 Å². The van der Waals surface area contributed by atoms with Crippen LogP contribution in [0.4, 0.5) is 0 Å². The highest BCUT2D eigenvalue weighted by Crippen LogP contribution is 2.27. The van der Waals surface area contributed by atoms with Crippen molar-refractivity contribution in [2.75, 3.05) is 25.0 Å². The molecule has 1 heterocycles. The minimum Gasteiger partial charge on any atom is -0.493 e. The molecule has 0 atom stereocenters. The van der Waals surface area contributed by atoms with Gasteiger partial charge in [-0.2, -0.15) is 0 Å². The molecule has 0 aromatic heterocycles. The Bertz CT molecular complexity index is 443. The fraction of sp³-hybridized carbons (Fsp3) is 0.647. The molecule has 20 heavy (non-hydrogen) atoms. The minimum absolute atomic E-state index is 0.824. The third kappa shape index (κ3) is 3.37. The van der Waals surface area contributed by atoms with E-state index in [1.54, 1.807) is 0 Å². The number of nitrogens with zero attached hydrogens (tertiary/aromatic N) is 1. The van der Waals surface area contributed by atoms with E-state index in [0.717, 1.165) is 36.6 Å². The first kappa shape index (κ1) is 14.4. The van der Waals surface area contributed by atoms with Crippen molar-refractivity contribution in [3.63, 3.8) is 0 Å². The Kier molecular flexibility index (Phi) is 5.00. The number of halogens is 1. The highest BCUT2D eigenvalue weighted by molar-refractivity contribution is 9.09. The summed E-state index contributed by atoms with van der Waals surface area (Å²) in [6.45, 7) is 3.23. The van der Waals surface area contributed by atoms with Crippen LogP contribution in [0.1, 0.15) is 36.8 Å². The fourth-order valence-electron chi connectivity index (χ4n) is 3.52. The Labute approximate surface area is 130 Å². The summed E-state index contributed by atoms with van der Waals surface area (Å²) in [4.78, 5) is 2.69. The lowest BCUT2D eigenvalue weighted by Gasteiger charge is -2.28. The maximum Gasteiger partial charge on any atom is 0.122 e. The van der Waals surface area contributed by atoms with Crippen molar-refractivity contribution in [2.24, 2.45) is 0 Å². The van der Waals surface area contributed by atoms with Gasteiger partial charge in [-0.05, 0) is 36.5 Å². The number of fused-ring (bicyclic) bond motifs is 1. The molecule has 2 nitrogen and oxygen atoms in total. The molecule has 0 radical (unpaired) electrons. The third-order valence-corrected chi connectivity index (χ3v) is 5.01. The van der Waals surface area contributed by atoms with Crippen LogP contribution in [0.15, 0.2) is 18.2 Å². The summed E-state index contributed by atoms with van der Waals surface area (Å²) in [5, 5.41) is 1.08. The predicted octanol–water partition coefficient (Wildman–Crippen LogP) is 3.80. The van der Waals surface area contributed by atoms with Crippen molar-refractivity contribution >= 4 is 15.9 Å². The second kappa shape index (κ2) is 6.95. The van der Waals surface area contributed by atoms with Gasteiger partial charge in [-0.1, -0.05) is 40.9 Å². The van der Waals surface area contributed by atoms with Gasteiger partial charge in [0.1, 0.15) is 5.75 Å². The number of hydrogen-bond donors (Lipinski definition) is 0. The zero-order valence-corrected chi connectivity index (χ0v) is 13.7. The van der Waals surface area contributed by atoms with Gasteiger partial charge in [0.15, 0.2) is 0 Å². The molecule has 0 N–H and O–H groups in total. The first-order valence-corrected chi connectivity index (χ1v) is 9.03. The lowest BCUT2D eigenvalue weighted by atomic mass is 10.1. The zero-order valence-electron chi connectivity index (χ0n) is 12.1. The van der Waals surface area contributed by atoms with E-state index in [-0.39, 0.29) is 0 Å². The maximum absolute atomic E-state index is 5.58. The molecule has 1 aliphatic carbocycles. The van der Waals surface area contributed by atoms with Gasteiger partial charge in [0.05, 0.1) is 6.61 Å². The molecule has 0 unspecified atom stereocenters. The Morgan fingerprint density at radius 2 is 2.05 bits per heavy atom. The SMILES string of the molecule is BrCCN(CCc1ccc2c(c1)CCO2)C1CCCC1. The van der Waals surface area contributed by atoms with E-state index in [4.69, 9.17) is 4.74 Å². The largest absolute Gasteiger partial charge is 0.493 e. The van der Waals surface area contributed by atoms with Gasteiger partial charge in [0, 0.05) is 30.9 Å². The van der Waals surface area contributed by atoms with Crippen molar-refractivity contribution in [1.29, 1.82) is 0 Å². The smallest absolute Gasteiger partial charge is 0.122 e.